The highest BCUT2D eigenvalue weighted by Gasteiger charge is 2.48. The van der Waals surface area contributed by atoms with E-state index in [0.29, 0.717) is 70.9 Å². The summed E-state index contributed by atoms with van der Waals surface area (Å²) in [5, 5.41) is 122. The standard InChI is InChI=1S/C63H113N13O27/c1-39(80)72-51-57(92)54(89)42(32-77)101-60(51)98-27-7-4-14-45(83)66-21-11-20-65-38-97-37-63(75-50(88)17-10-26-71-76-64,35-95-30-18-48(86)69-24-12-22-67-46(84)15-5-8-28-99-61-52(73-40(2)81)58(93)55(90)43(33-78)102-61)36-96-31-19-49(87)70-25-13-23-68-47(85)16-6-9-29-100-62-53(74-41(3)82)59(94)56(91)44(34-79)103-62/h42-44,51-62,65,77-79,89-94H,4-38H2,1-3H3,(H,66,83)(H,67,84)(H,68,85)(H,69,86)(H,70,87)(H,72,80)(H,73,81)(H,74,82)(H,75,88)/t42-,43-,44-,51-,52-,53-,54+,55+,56+,57-,58-,59-,60-,61-,62-/m1/s1. The molecule has 40 nitrogen and oxygen atoms in total. The van der Waals surface area contributed by atoms with Crippen LogP contribution in [0, 0.1) is 0 Å². The average molecular weight is 1480 g/mol. The summed E-state index contributed by atoms with van der Waals surface area (Å²) in [7, 11) is 0. The predicted octanol–water partition coefficient (Wildman–Crippen LogP) is -6.55. The zero-order valence-electron chi connectivity index (χ0n) is 59.1. The van der Waals surface area contributed by atoms with Crippen LogP contribution < -0.4 is 53.2 Å². The Morgan fingerprint density at radius 2 is 0.728 bits per heavy atom. The van der Waals surface area contributed by atoms with E-state index in [-0.39, 0.29) is 167 Å². The Bertz CT molecular complexity index is 2450. The lowest BCUT2D eigenvalue weighted by atomic mass is 9.97. The van der Waals surface area contributed by atoms with Crippen LogP contribution in [0.25, 0.3) is 10.4 Å². The fourth-order valence-electron chi connectivity index (χ4n) is 10.8. The van der Waals surface area contributed by atoms with Gasteiger partial charge in [-0.15, -0.1) is 0 Å². The lowest BCUT2D eigenvalue weighted by Crippen LogP contribution is -2.64. The monoisotopic (exact) mass is 1480 g/mol. The molecule has 0 saturated carbocycles. The van der Waals surface area contributed by atoms with Crippen LogP contribution in [0.15, 0.2) is 5.11 Å². The number of carbonyl (C=O) groups is 9. The summed E-state index contributed by atoms with van der Waals surface area (Å²) in [6, 6.07) is -3.27. The number of nitrogens with zero attached hydrogens (tertiary/aromatic N) is 3. The van der Waals surface area contributed by atoms with Crippen molar-refractivity contribution in [2.45, 2.75) is 221 Å². The molecule has 3 saturated heterocycles. The van der Waals surface area contributed by atoms with Crippen molar-refractivity contribution < 1.29 is 132 Å². The van der Waals surface area contributed by atoms with Crippen LogP contribution in [0.5, 0.6) is 0 Å². The second kappa shape index (κ2) is 52.7. The van der Waals surface area contributed by atoms with Gasteiger partial charge in [0.05, 0.1) is 59.6 Å². The average Bonchev–Trinajstić information content (AvgIpc) is 0.813. The van der Waals surface area contributed by atoms with Crippen LogP contribution in [0.3, 0.4) is 0 Å². The van der Waals surface area contributed by atoms with E-state index in [1.165, 1.54) is 20.8 Å². The van der Waals surface area contributed by atoms with Gasteiger partial charge >= 0.3 is 0 Å². The number of hydrogen-bond donors (Lipinski definition) is 19. The maximum Gasteiger partial charge on any atom is 0.222 e. The second-order valence-electron chi connectivity index (χ2n) is 25.1. The lowest BCUT2D eigenvalue weighted by molar-refractivity contribution is -0.270. The first-order valence-corrected chi connectivity index (χ1v) is 35.0. The smallest absolute Gasteiger partial charge is 0.222 e. The van der Waals surface area contributed by atoms with Gasteiger partial charge in [-0.25, -0.2) is 0 Å². The summed E-state index contributed by atoms with van der Waals surface area (Å²) in [6.07, 6.45) is -11.5. The number of azide groups is 1. The SMILES string of the molecule is CC(=O)N[C@H]1[C@H](OCCCCC(=O)NCCCNCOCC(COCCC(=O)NCCCNC(=O)CCCCO[C@@H]2O[C@H](CO)[C@H](O)[C@H](O)[C@H]2NC(C)=O)(COCCC(=O)NCCCNC(=O)CCCCO[C@@H]2O[C@H](CO)[C@H](O)[C@H](O)[C@H]2NC(C)=O)NC(=O)CCCN=[N+]=[N-])O[C@H](CO)[C@H](O)[C@@H]1O. The van der Waals surface area contributed by atoms with Gasteiger partial charge in [-0.1, -0.05) is 5.11 Å². The first kappa shape index (κ1) is 91.0. The third-order valence-corrected chi connectivity index (χ3v) is 16.3. The molecule has 0 unspecified atom stereocenters. The Morgan fingerprint density at radius 1 is 0.408 bits per heavy atom. The van der Waals surface area contributed by atoms with Crippen LogP contribution in [-0.4, -0.2) is 322 Å². The van der Waals surface area contributed by atoms with E-state index in [0.717, 1.165) is 0 Å². The molecule has 103 heavy (non-hydrogen) atoms. The number of ether oxygens (including phenoxy) is 9. The zero-order chi connectivity index (χ0) is 76.0. The fourth-order valence-corrected chi connectivity index (χ4v) is 10.8. The molecule has 0 bridgehead atoms. The molecular formula is C63H113N13O27. The highest BCUT2D eigenvalue weighted by atomic mass is 16.7. The summed E-state index contributed by atoms with van der Waals surface area (Å²) in [4.78, 5) is 115. The minimum absolute atomic E-state index is 0.0345. The van der Waals surface area contributed by atoms with Gasteiger partial charge in [-0.05, 0) is 76.3 Å². The van der Waals surface area contributed by atoms with Crippen molar-refractivity contribution in [1.82, 2.24) is 53.2 Å². The molecule has 0 aromatic heterocycles. The second-order valence-corrected chi connectivity index (χ2v) is 25.1. The normalized spacial score (nSPS) is 24.7. The van der Waals surface area contributed by atoms with Crippen molar-refractivity contribution >= 4 is 53.2 Å². The Morgan fingerprint density at radius 3 is 1.06 bits per heavy atom. The van der Waals surface area contributed by atoms with E-state index in [1.54, 1.807) is 0 Å². The number of hydrogen-bond acceptors (Lipinski definition) is 29. The van der Waals surface area contributed by atoms with Gasteiger partial charge in [0.2, 0.25) is 53.2 Å². The molecule has 0 aromatic rings. The van der Waals surface area contributed by atoms with E-state index in [4.69, 9.17) is 48.2 Å². The van der Waals surface area contributed by atoms with Crippen molar-refractivity contribution in [3.8, 4) is 0 Å². The lowest BCUT2D eigenvalue weighted by Gasteiger charge is -2.42. The third-order valence-electron chi connectivity index (χ3n) is 16.3. The number of aliphatic hydroxyl groups excluding tert-OH is 9. The van der Waals surface area contributed by atoms with Gasteiger partial charge in [0.25, 0.3) is 0 Å². The maximum absolute atomic E-state index is 13.5. The summed E-state index contributed by atoms with van der Waals surface area (Å²) >= 11 is 0. The van der Waals surface area contributed by atoms with Crippen molar-refractivity contribution in [3.63, 3.8) is 0 Å². The Balaban J connectivity index is 1.48. The summed E-state index contributed by atoms with van der Waals surface area (Å²) in [6.45, 7) is 2.82. The molecule has 3 heterocycles. The van der Waals surface area contributed by atoms with Gasteiger partial charge in [-0.3, -0.25) is 48.5 Å². The van der Waals surface area contributed by atoms with E-state index in [9.17, 15) is 89.1 Å². The van der Waals surface area contributed by atoms with Gasteiger partial charge in [0.15, 0.2) is 18.9 Å². The summed E-state index contributed by atoms with van der Waals surface area (Å²) in [5.74, 6) is -3.42. The topological polar surface area (TPSA) is 588 Å². The van der Waals surface area contributed by atoms with E-state index in [2.05, 4.69) is 63.2 Å². The Kier molecular flexibility index (Phi) is 46.6. The summed E-state index contributed by atoms with van der Waals surface area (Å²) in [5.41, 5.74) is 7.39. The fraction of sp³-hybridized carbons (Fsp3) is 0.857. The molecule has 3 aliphatic rings. The molecule has 3 aliphatic heterocycles. The van der Waals surface area contributed by atoms with Crippen LogP contribution in [-0.2, 0) is 85.8 Å². The molecule has 15 atom stereocenters. The molecule has 0 aliphatic carbocycles. The first-order valence-electron chi connectivity index (χ1n) is 35.0. The van der Waals surface area contributed by atoms with Crippen LogP contribution in [0.2, 0.25) is 0 Å². The van der Waals surface area contributed by atoms with E-state index < -0.39 is 141 Å². The number of rotatable bonds is 55. The molecule has 19 N–H and O–H groups in total. The van der Waals surface area contributed by atoms with Crippen molar-refractivity contribution in [1.29, 1.82) is 0 Å². The van der Waals surface area contributed by atoms with Gasteiger partial charge in [0.1, 0.15) is 78.6 Å². The number of amides is 9. The van der Waals surface area contributed by atoms with Crippen molar-refractivity contribution in [2.24, 2.45) is 5.11 Å². The van der Waals surface area contributed by atoms with E-state index in [1.807, 2.05) is 0 Å². The quantitative estimate of drug-likeness (QED) is 0.00885. The molecule has 3 fully saturated rings. The van der Waals surface area contributed by atoms with Crippen LogP contribution >= 0.6 is 0 Å². The largest absolute Gasteiger partial charge is 0.394 e. The molecule has 0 radical (unpaired) electrons. The molecule has 592 valence electrons. The molecule has 0 spiro atoms. The number of carbonyl (C=O) groups excluding carboxylic acids is 9. The Hall–Kier alpha value is -6.22. The molecule has 9 amide bonds. The molecule has 40 heteroatoms. The molecule has 0 aromatic carbocycles. The van der Waals surface area contributed by atoms with Crippen molar-refractivity contribution in [3.05, 3.63) is 10.4 Å². The summed E-state index contributed by atoms with van der Waals surface area (Å²) < 4.78 is 51.8. The first-order chi connectivity index (χ1) is 49.4. The highest BCUT2D eigenvalue weighted by molar-refractivity contribution is 5.78. The van der Waals surface area contributed by atoms with Gasteiger partial charge in [-0.2, -0.15) is 0 Å². The number of unbranched alkanes of at least 4 members (excludes halogenated alkanes) is 3. The van der Waals surface area contributed by atoms with Gasteiger partial charge < -0.3 is 136 Å². The minimum atomic E-state index is -1.46. The molecule has 3 rings (SSSR count). The number of nitrogens with one attached hydrogen (secondary N) is 10. The minimum Gasteiger partial charge on any atom is -0.394 e. The Labute approximate surface area is 598 Å². The van der Waals surface area contributed by atoms with Gasteiger partial charge in [0, 0.05) is 123 Å². The highest BCUT2D eigenvalue weighted by Crippen LogP contribution is 2.26. The predicted molar refractivity (Wildman–Crippen MR) is 358 cm³/mol. The van der Waals surface area contributed by atoms with E-state index >= 15 is 0 Å². The third kappa shape index (κ3) is 37.1. The van der Waals surface area contributed by atoms with Crippen LogP contribution in [0.1, 0.15) is 124 Å². The number of aliphatic hydroxyl groups is 9. The zero-order valence-corrected chi connectivity index (χ0v) is 59.1. The van der Waals surface area contributed by atoms with Crippen molar-refractivity contribution in [2.75, 3.05) is 125 Å². The maximum atomic E-state index is 13.5. The van der Waals surface area contributed by atoms with Crippen LogP contribution in [0.4, 0.5) is 0 Å². The molecular weight excluding hydrogens is 1370 g/mol.